The summed E-state index contributed by atoms with van der Waals surface area (Å²) < 4.78 is 5.55. The number of hydrogen-bond acceptors (Lipinski definition) is 1. The van der Waals surface area contributed by atoms with E-state index in [2.05, 4.69) is 49.9 Å². The van der Waals surface area contributed by atoms with E-state index < -0.39 is 0 Å². The van der Waals surface area contributed by atoms with Crippen molar-refractivity contribution in [3.8, 4) is 0 Å². The Kier molecular flexibility index (Phi) is 8.86. The second-order valence-electron chi connectivity index (χ2n) is 9.05. The van der Waals surface area contributed by atoms with Crippen molar-refractivity contribution >= 4 is 0 Å². The van der Waals surface area contributed by atoms with E-state index in [0.29, 0.717) is 13.2 Å². The van der Waals surface area contributed by atoms with Gasteiger partial charge in [0, 0.05) is 0 Å². The fourth-order valence-electron chi connectivity index (χ4n) is 5.33. The van der Waals surface area contributed by atoms with Gasteiger partial charge in [0.25, 0.3) is 0 Å². The van der Waals surface area contributed by atoms with Crippen molar-refractivity contribution < 1.29 is 4.74 Å². The molecule has 2 saturated carbocycles. The van der Waals surface area contributed by atoms with Gasteiger partial charge in [-0.15, -0.1) is 6.58 Å². The SMILES string of the molecule is C=CCOCc1ccc([C@H]2CC[C@H]([C@H]3CC[C@H](C=CCCC)CC3)CC2)cc1. The molecule has 0 radical (unpaired) electrons. The quantitative estimate of drug-likeness (QED) is 0.313. The highest BCUT2D eigenvalue weighted by molar-refractivity contribution is 5.25. The Hall–Kier alpha value is -1.34. The highest BCUT2D eigenvalue weighted by atomic mass is 16.5. The zero-order valence-corrected chi connectivity index (χ0v) is 18.0. The van der Waals surface area contributed by atoms with Gasteiger partial charge in [-0.1, -0.05) is 55.8 Å². The van der Waals surface area contributed by atoms with Crippen LogP contribution in [0.15, 0.2) is 49.1 Å². The number of benzene rings is 1. The molecule has 0 heterocycles. The van der Waals surface area contributed by atoms with Crippen LogP contribution < -0.4 is 0 Å². The summed E-state index contributed by atoms with van der Waals surface area (Å²) in [6, 6.07) is 9.17. The predicted molar refractivity (Wildman–Crippen MR) is 120 cm³/mol. The van der Waals surface area contributed by atoms with Crippen molar-refractivity contribution in [1.29, 1.82) is 0 Å². The molecule has 3 rings (SSSR count). The van der Waals surface area contributed by atoms with Gasteiger partial charge in [0.15, 0.2) is 0 Å². The minimum Gasteiger partial charge on any atom is -0.373 e. The number of rotatable bonds is 9. The van der Waals surface area contributed by atoms with E-state index >= 15 is 0 Å². The molecule has 154 valence electrons. The molecular weight excluding hydrogens is 340 g/mol. The van der Waals surface area contributed by atoms with Crippen LogP contribution in [0.25, 0.3) is 0 Å². The molecule has 1 aromatic carbocycles. The lowest BCUT2D eigenvalue weighted by atomic mass is 9.68. The summed E-state index contributed by atoms with van der Waals surface area (Å²) in [5.41, 5.74) is 2.81. The fraction of sp³-hybridized carbons (Fsp3) is 0.630. The number of allylic oxidation sites excluding steroid dienone is 2. The van der Waals surface area contributed by atoms with Crippen LogP contribution in [0.4, 0.5) is 0 Å². The van der Waals surface area contributed by atoms with E-state index in [0.717, 1.165) is 23.7 Å². The Labute approximate surface area is 173 Å². The van der Waals surface area contributed by atoms with E-state index in [4.69, 9.17) is 4.74 Å². The molecule has 0 bridgehead atoms. The second-order valence-corrected chi connectivity index (χ2v) is 9.05. The lowest BCUT2D eigenvalue weighted by Gasteiger charge is -2.37. The molecule has 2 aliphatic rings. The number of hydrogen-bond donors (Lipinski definition) is 0. The molecule has 0 atom stereocenters. The maximum Gasteiger partial charge on any atom is 0.0721 e. The Morgan fingerprint density at radius 2 is 1.57 bits per heavy atom. The number of unbranched alkanes of at least 4 members (excludes halogenated alkanes) is 1. The summed E-state index contributed by atoms with van der Waals surface area (Å²) in [5.74, 6) is 3.63. The fourth-order valence-corrected chi connectivity index (χ4v) is 5.33. The van der Waals surface area contributed by atoms with Crippen LogP contribution >= 0.6 is 0 Å². The standard InChI is InChI=1S/C27H40O/c1-3-5-6-7-22-8-12-24(13-9-22)26-16-18-27(19-17-26)25-14-10-23(11-15-25)21-28-20-4-2/h4,6-7,10-11,14-15,22,24,26-27H,2-3,5,8-9,12-13,16-21H2,1H3/t22-,24-,26-,27-. The summed E-state index contributed by atoms with van der Waals surface area (Å²) in [4.78, 5) is 0. The monoisotopic (exact) mass is 380 g/mol. The van der Waals surface area contributed by atoms with Gasteiger partial charge in [-0.3, -0.25) is 0 Å². The van der Waals surface area contributed by atoms with E-state index in [1.165, 1.54) is 75.3 Å². The van der Waals surface area contributed by atoms with Crippen molar-refractivity contribution in [3.05, 3.63) is 60.2 Å². The van der Waals surface area contributed by atoms with Gasteiger partial charge in [0.2, 0.25) is 0 Å². The zero-order valence-electron chi connectivity index (χ0n) is 18.0. The average molecular weight is 381 g/mol. The van der Waals surface area contributed by atoms with Gasteiger partial charge >= 0.3 is 0 Å². The molecule has 0 N–H and O–H groups in total. The summed E-state index contributed by atoms with van der Waals surface area (Å²) >= 11 is 0. The second kappa shape index (κ2) is 11.6. The van der Waals surface area contributed by atoms with E-state index in [9.17, 15) is 0 Å². The van der Waals surface area contributed by atoms with Crippen LogP contribution in [0, 0.1) is 17.8 Å². The van der Waals surface area contributed by atoms with Crippen LogP contribution in [0.1, 0.15) is 88.2 Å². The normalized spacial score (nSPS) is 28.5. The van der Waals surface area contributed by atoms with Crippen molar-refractivity contribution in [2.45, 2.75) is 83.7 Å². The third-order valence-electron chi connectivity index (χ3n) is 7.07. The van der Waals surface area contributed by atoms with E-state index in [1.807, 2.05) is 6.08 Å². The maximum atomic E-state index is 5.55. The van der Waals surface area contributed by atoms with Crippen LogP contribution in [0.3, 0.4) is 0 Å². The molecule has 28 heavy (non-hydrogen) atoms. The molecule has 2 fully saturated rings. The Balaban J connectivity index is 1.40. The molecular formula is C27H40O. The topological polar surface area (TPSA) is 9.23 Å². The lowest BCUT2D eigenvalue weighted by molar-refractivity contribution is 0.149. The molecule has 0 amide bonds. The first-order chi connectivity index (χ1) is 13.8. The molecule has 0 unspecified atom stereocenters. The van der Waals surface area contributed by atoms with Gasteiger partial charge in [0.1, 0.15) is 0 Å². The van der Waals surface area contributed by atoms with Crippen molar-refractivity contribution in [2.75, 3.05) is 6.61 Å². The van der Waals surface area contributed by atoms with Gasteiger partial charge in [-0.05, 0) is 92.6 Å². The third-order valence-corrected chi connectivity index (χ3v) is 7.07. The molecule has 0 spiro atoms. The van der Waals surface area contributed by atoms with E-state index in [1.54, 1.807) is 0 Å². The summed E-state index contributed by atoms with van der Waals surface area (Å²) in [6.45, 7) is 7.28. The summed E-state index contributed by atoms with van der Waals surface area (Å²) in [7, 11) is 0. The average Bonchev–Trinajstić information content (AvgIpc) is 2.75. The summed E-state index contributed by atoms with van der Waals surface area (Å²) in [6.07, 6.45) is 20.7. The molecule has 2 aliphatic carbocycles. The number of ether oxygens (including phenoxy) is 1. The largest absolute Gasteiger partial charge is 0.373 e. The Bertz CT molecular complexity index is 583. The predicted octanol–water partition coefficient (Wildman–Crippen LogP) is 7.83. The van der Waals surface area contributed by atoms with Gasteiger partial charge in [-0.25, -0.2) is 0 Å². The summed E-state index contributed by atoms with van der Waals surface area (Å²) in [5, 5.41) is 0. The third kappa shape index (κ3) is 6.34. The molecule has 0 aromatic heterocycles. The molecule has 0 saturated heterocycles. The van der Waals surface area contributed by atoms with Gasteiger partial charge in [-0.2, -0.15) is 0 Å². The van der Waals surface area contributed by atoms with Crippen LogP contribution in [0.5, 0.6) is 0 Å². The first-order valence-electron chi connectivity index (χ1n) is 11.7. The van der Waals surface area contributed by atoms with E-state index in [-0.39, 0.29) is 0 Å². The van der Waals surface area contributed by atoms with Gasteiger partial charge in [0.05, 0.1) is 13.2 Å². The van der Waals surface area contributed by atoms with Crippen LogP contribution in [0.2, 0.25) is 0 Å². The maximum absolute atomic E-state index is 5.55. The van der Waals surface area contributed by atoms with Crippen LogP contribution in [-0.2, 0) is 11.3 Å². The molecule has 1 nitrogen and oxygen atoms in total. The minimum atomic E-state index is 0.628. The molecule has 1 aromatic rings. The first-order valence-corrected chi connectivity index (χ1v) is 11.7. The smallest absolute Gasteiger partial charge is 0.0721 e. The van der Waals surface area contributed by atoms with Gasteiger partial charge < -0.3 is 4.74 Å². The Morgan fingerprint density at radius 1 is 0.929 bits per heavy atom. The minimum absolute atomic E-state index is 0.628. The highest BCUT2D eigenvalue weighted by Gasteiger charge is 2.30. The Morgan fingerprint density at radius 3 is 2.18 bits per heavy atom. The molecule has 0 aliphatic heterocycles. The van der Waals surface area contributed by atoms with Crippen molar-refractivity contribution in [3.63, 3.8) is 0 Å². The van der Waals surface area contributed by atoms with Crippen LogP contribution in [-0.4, -0.2) is 6.61 Å². The zero-order chi connectivity index (χ0) is 19.6. The highest BCUT2D eigenvalue weighted by Crippen LogP contribution is 2.44. The lowest BCUT2D eigenvalue weighted by Crippen LogP contribution is -2.25. The first kappa shape index (κ1) is 21.4. The van der Waals surface area contributed by atoms with Crippen molar-refractivity contribution in [2.24, 2.45) is 17.8 Å². The van der Waals surface area contributed by atoms with Crippen molar-refractivity contribution in [1.82, 2.24) is 0 Å². The molecule has 1 heteroatoms.